The molecule has 0 aliphatic heterocycles. The number of nitrogen functional groups attached to an aromatic ring is 1. The Morgan fingerprint density at radius 1 is 1.56 bits per heavy atom. The molecule has 0 bridgehead atoms. The van der Waals surface area contributed by atoms with Crippen LogP contribution in [0.25, 0.3) is 0 Å². The summed E-state index contributed by atoms with van der Waals surface area (Å²) in [6.45, 7) is 7.28. The second-order valence-electron chi connectivity index (χ2n) is 5.27. The summed E-state index contributed by atoms with van der Waals surface area (Å²) in [7, 11) is 0. The summed E-state index contributed by atoms with van der Waals surface area (Å²) >= 11 is 0. The summed E-state index contributed by atoms with van der Waals surface area (Å²) in [6.07, 6.45) is 3.12. The predicted molar refractivity (Wildman–Crippen MR) is 73.3 cm³/mol. The molecule has 0 saturated heterocycles. The summed E-state index contributed by atoms with van der Waals surface area (Å²) in [5, 5.41) is 3.52. The van der Waals surface area contributed by atoms with Gasteiger partial charge in [0.15, 0.2) is 0 Å². The van der Waals surface area contributed by atoms with Gasteiger partial charge in [0.2, 0.25) is 0 Å². The number of hydrogen-bond donors (Lipinski definition) is 3. The molecule has 100 valence electrons. The lowest BCUT2D eigenvalue weighted by Crippen LogP contribution is -2.58. The average molecular weight is 250 g/mol. The van der Waals surface area contributed by atoms with E-state index in [1.807, 2.05) is 19.1 Å². The normalized spacial score (nSPS) is 25.3. The Hall–Kier alpha value is -1.33. The highest BCUT2D eigenvalue weighted by atomic mass is 16.5. The largest absolute Gasteiger partial charge is 0.381 e. The van der Waals surface area contributed by atoms with Gasteiger partial charge in [-0.25, -0.2) is 10.8 Å². The highest BCUT2D eigenvalue weighted by Gasteiger charge is 2.48. The molecule has 2 unspecified atom stereocenters. The van der Waals surface area contributed by atoms with Gasteiger partial charge in [0.25, 0.3) is 0 Å². The quantitative estimate of drug-likeness (QED) is 0.550. The van der Waals surface area contributed by atoms with E-state index in [-0.39, 0.29) is 5.41 Å². The number of anilines is 2. The van der Waals surface area contributed by atoms with Crippen molar-refractivity contribution in [2.24, 2.45) is 11.3 Å². The van der Waals surface area contributed by atoms with E-state index in [9.17, 15) is 0 Å². The molecule has 4 N–H and O–H groups in total. The fourth-order valence-electron chi connectivity index (χ4n) is 2.41. The van der Waals surface area contributed by atoms with Crippen molar-refractivity contribution in [3.63, 3.8) is 0 Å². The fourth-order valence-corrected chi connectivity index (χ4v) is 2.41. The maximum Gasteiger partial charge on any atom is 0.141 e. The number of ether oxygens (including phenoxy) is 1. The van der Waals surface area contributed by atoms with Crippen LogP contribution in [0, 0.1) is 5.41 Å². The Labute approximate surface area is 108 Å². The van der Waals surface area contributed by atoms with Crippen LogP contribution in [0.5, 0.6) is 0 Å². The van der Waals surface area contributed by atoms with Gasteiger partial charge >= 0.3 is 0 Å². The summed E-state index contributed by atoms with van der Waals surface area (Å²) in [6, 6.07) is 4.27. The number of rotatable bonds is 5. The first kappa shape index (κ1) is 13.1. The van der Waals surface area contributed by atoms with Crippen LogP contribution in [-0.4, -0.2) is 23.7 Å². The molecule has 2 atom stereocenters. The molecule has 1 aliphatic carbocycles. The zero-order valence-electron chi connectivity index (χ0n) is 11.2. The predicted octanol–water partition coefficient (Wildman–Crippen LogP) is 1.98. The second-order valence-corrected chi connectivity index (χ2v) is 5.27. The molecule has 5 nitrogen and oxygen atoms in total. The van der Waals surface area contributed by atoms with Crippen molar-refractivity contribution in [3.8, 4) is 0 Å². The summed E-state index contributed by atoms with van der Waals surface area (Å²) in [5.41, 5.74) is 3.73. The van der Waals surface area contributed by atoms with E-state index in [1.54, 1.807) is 6.20 Å². The van der Waals surface area contributed by atoms with Crippen LogP contribution in [0.2, 0.25) is 0 Å². The van der Waals surface area contributed by atoms with Gasteiger partial charge in [-0.05, 0) is 19.4 Å². The third-order valence-electron chi connectivity index (χ3n) is 3.79. The maximum atomic E-state index is 5.72. The molecular formula is C13H22N4O. The van der Waals surface area contributed by atoms with E-state index in [1.165, 1.54) is 0 Å². The Morgan fingerprint density at radius 3 is 2.94 bits per heavy atom. The standard InChI is InChI=1S/C13H22N4O/c1-4-18-11-8-10(13(11,2)3)16-9-5-6-15-12(7-9)17-14/h5-7,10-11H,4,8,14H2,1-3H3,(H2,15,16,17). The molecule has 0 amide bonds. The van der Waals surface area contributed by atoms with Gasteiger partial charge in [-0.15, -0.1) is 0 Å². The molecule has 5 heteroatoms. The van der Waals surface area contributed by atoms with Crippen molar-refractivity contribution in [2.75, 3.05) is 17.3 Å². The zero-order valence-corrected chi connectivity index (χ0v) is 11.2. The van der Waals surface area contributed by atoms with Crippen LogP contribution in [0.1, 0.15) is 27.2 Å². The first-order chi connectivity index (χ1) is 8.57. The second kappa shape index (κ2) is 5.12. The molecule has 1 aliphatic rings. The number of pyridine rings is 1. The first-order valence-corrected chi connectivity index (χ1v) is 6.38. The highest BCUT2D eigenvalue weighted by Crippen LogP contribution is 2.44. The lowest BCUT2D eigenvalue weighted by atomic mass is 9.64. The molecule has 1 fully saturated rings. The topological polar surface area (TPSA) is 72.2 Å². The van der Waals surface area contributed by atoms with Gasteiger partial charge in [0.1, 0.15) is 5.82 Å². The van der Waals surface area contributed by atoms with E-state index in [0.29, 0.717) is 18.0 Å². The van der Waals surface area contributed by atoms with Gasteiger partial charge < -0.3 is 15.5 Å². The molecule has 0 radical (unpaired) electrons. The Balaban J connectivity index is 1.98. The Kier molecular flexibility index (Phi) is 3.73. The van der Waals surface area contributed by atoms with Crippen molar-refractivity contribution in [3.05, 3.63) is 18.3 Å². The maximum absolute atomic E-state index is 5.72. The minimum absolute atomic E-state index is 0.148. The third kappa shape index (κ3) is 2.42. The summed E-state index contributed by atoms with van der Waals surface area (Å²) < 4.78 is 5.72. The molecule has 1 aromatic heterocycles. The lowest BCUT2D eigenvalue weighted by Gasteiger charge is -2.52. The van der Waals surface area contributed by atoms with Gasteiger partial charge in [0.05, 0.1) is 6.10 Å². The van der Waals surface area contributed by atoms with Crippen molar-refractivity contribution in [1.82, 2.24) is 4.98 Å². The van der Waals surface area contributed by atoms with E-state index in [2.05, 4.69) is 29.6 Å². The molecule has 1 heterocycles. The SMILES string of the molecule is CCOC1CC(Nc2ccnc(NN)c2)C1(C)C. The van der Waals surface area contributed by atoms with Crippen LogP contribution in [0.3, 0.4) is 0 Å². The van der Waals surface area contributed by atoms with Gasteiger partial charge in [-0.2, -0.15) is 0 Å². The van der Waals surface area contributed by atoms with Crippen molar-refractivity contribution >= 4 is 11.5 Å². The van der Waals surface area contributed by atoms with E-state index >= 15 is 0 Å². The van der Waals surface area contributed by atoms with Gasteiger partial charge in [-0.1, -0.05) is 13.8 Å². The number of hydrazine groups is 1. The minimum Gasteiger partial charge on any atom is -0.381 e. The summed E-state index contributed by atoms with van der Waals surface area (Å²) in [5.74, 6) is 6.02. The van der Waals surface area contributed by atoms with Crippen LogP contribution >= 0.6 is 0 Å². The molecule has 0 aromatic carbocycles. The molecule has 18 heavy (non-hydrogen) atoms. The van der Waals surface area contributed by atoms with Crippen LogP contribution < -0.4 is 16.6 Å². The van der Waals surface area contributed by atoms with E-state index in [0.717, 1.165) is 18.7 Å². The number of nitrogens with one attached hydrogen (secondary N) is 2. The number of nitrogens with two attached hydrogens (primary N) is 1. The molecule has 1 aromatic rings. The van der Waals surface area contributed by atoms with Crippen molar-refractivity contribution in [1.29, 1.82) is 0 Å². The number of hydrogen-bond acceptors (Lipinski definition) is 5. The number of aromatic nitrogens is 1. The van der Waals surface area contributed by atoms with Crippen molar-refractivity contribution < 1.29 is 4.74 Å². The molecule has 0 spiro atoms. The Bertz CT molecular complexity index is 408. The highest BCUT2D eigenvalue weighted by molar-refractivity contribution is 5.52. The lowest BCUT2D eigenvalue weighted by molar-refractivity contribution is -0.0975. The molecule has 1 saturated carbocycles. The van der Waals surface area contributed by atoms with E-state index in [4.69, 9.17) is 10.6 Å². The molecule has 2 rings (SSSR count). The van der Waals surface area contributed by atoms with Crippen LogP contribution in [-0.2, 0) is 4.74 Å². The average Bonchev–Trinajstić information content (AvgIpc) is 2.38. The zero-order chi connectivity index (χ0) is 13.2. The van der Waals surface area contributed by atoms with Gasteiger partial charge in [-0.3, -0.25) is 0 Å². The summed E-state index contributed by atoms with van der Waals surface area (Å²) in [4.78, 5) is 4.09. The van der Waals surface area contributed by atoms with Gasteiger partial charge in [0, 0.05) is 36.0 Å². The monoisotopic (exact) mass is 250 g/mol. The third-order valence-corrected chi connectivity index (χ3v) is 3.79. The smallest absolute Gasteiger partial charge is 0.141 e. The van der Waals surface area contributed by atoms with Crippen LogP contribution in [0.4, 0.5) is 11.5 Å². The fraction of sp³-hybridized carbons (Fsp3) is 0.615. The Morgan fingerprint density at radius 2 is 2.33 bits per heavy atom. The molecular weight excluding hydrogens is 228 g/mol. The number of nitrogens with zero attached hydrogens (tertiary/aromatic N) is 1. The van der Waals surface area contributed by atoms with E-state index < -0.39 is 0 Å². The minimum atomic E-state index is 0.148. The van der Waals surface area contributed by atoms with Crippen LogP contribution in [0.15, 0.2) is 18.3 Å². The van der Waals surface area contributed by atoms with Crippen molar-refractivity contribution in [2.45, 2.75) is 39.3 Å². The first-order valence-electron chi connectivity index (χ1n) is 6.38.